The number of ether oxygens (including phenoxy) is 1. The molecule has 0 fully saturated rings. The van der Waals surface area contributed by atoms with Crippen molar-refractivity contribution in [3.8, 4) is 5.75 Å². The topological polar surface area (TPSA) is 96.5 Å². The molecule has 168 valence electrons. The molecule has 2 unspecified atom stereocenters. The van der Waals surface area contributed by atoms with Crippen LogP contribution in [-0.2, 0) is 20.8 Å². The molecule has 2 aromatic carbocycles. The van der Waals surface area contributed by atoms with Crippen molar-refractivity contribution in [3.05, 3.63) is 65.2 Å². The first-order chi connectivity index (χ1) is 15.4. The molecule has 0 spiro atoms. The molecule has 0 aromatic heterocycles. The van der Waals surface area contributed by atoms with E-state index in [-0.39, 0.29) is 23.6 Å². The highest BCUT2D eigenvalue weighted by Gasteiger charge is 2.30. The first-order valence-corrected chi connectivity index (χ1v) is 10.7. The molecule has 3 rings (SSSR count). The summed E-state index contributed by atoms with van der Waals surface area (Å²) in [6.45, 7) is 4.04. The SMILES string of the molecule is CCc1ccc2c(c1)C(CCNC(=O)C(C)NC(=O)/C=C/c1ccc(OC)cc1)C(=O)N2. The van der Waals surface area contributed by atoms with Crippen LogP contribution in [0.25, 0.3) is 6.08 Å². The quantitative estimate of drug-likeness (QED) is 0.528. The lowest BCUT2D eigenvalue weighted by Crippen LogP contribution is -2.44. The summed E-state index contributed by atoms with van der Waals surface area (Å²) in [4.78, 5) is 36.8. The van der Waals surface area contributed by atoms with E-state index in [1.807, 2.05) is 24.3 Å². The second kappa shape index (κ2) is 10.6. The maximum atomic E-state index is 12.4. The number of fused-ring (bicyclic) bond motifs is 1. The first-order valence-electron chi connectivity index (χ1n) is 10.7. The smallest absolute Gasteiger partial charge is 0.244 e. The van der Waals surface area contributed by atoms with E-state index < -0.39 is 6.04 Å². The van der Waals surface area contributed by atoms with E-state index in [2.05, 4.69) is 28.9 Å². The molecule has 0 bridgehead atoms. The molecule has 3 N–H and O–H groups in total. The minimum Gasteiger partial charge on any atom is -0.497 e. The molecule has 1 heterocycles. The van der Waals surface area contributed by atoms with Crippen LogP contribution in [0.2, 0.25) is 0 Å². The van der Waals surface area contributed by atoms with E-state index in [4.69, 9.17) is 4.74 Å². The van der Waals surface area contributed by atoms with Crippen LogP contribution in [0.15, 0.2) is 48.5 Å². The number of hydrogen-bond acceptors (Lipinski definition) is 4. The van der Waals surface area contributed by atoms with Crippen LogP contribution >= 0.6 is 0 Å². The van der Waals surface area contributed by atoms with Crippen molar-refractivity contribution < 1.29 is 19.1 Å². The number of benzene rings is 2. The molecule has 2 atom stereocenters. The van der Waals surface area contributed by atoms with Gasteiger partial charge in [0.05, 0.1) is 13.0 Å². The Balaban J connectivity index is 1.46. The number of methoxy groups -OCH3 is 1. The van der Waals surface area contributed by atoms with Gasteiger partial charge in [-0.3, -0.25) is 14.4 Å². The van der Waals surface area contributed by atoms with Crippen LogP contribution in [-0.4, -0.2) is 37.4 Å². The monoisotopic (exact) mass is 435 g/mol. The molecule has 2 aromatic rings. The number of anilines is 1. The number of carbonyl (C=O) groups excluding carboxylic acids is 3. The number of nitrogens with one attached hydrogen (secondary N) is 3. The third-order valence-electron chi connectivity index (χ3n) is 5.50. The second-order valence-corrected chi connectivity index (χ2v) is 7.73. The van der Waals surface area contributed by atoms with E-state index in [1.54, 1.807) is 32.2 Å². The van der Waals surface area contributed by atoms with Gasteiger partial charge < -0.3 is 20.7 Å². The summed E-state index contributed by atoms with van der Waals surface area (Å²) in [5, 5.41) is 8.35. The van der Waals surface area contributed by atoms with Crippen molar-refractivity contribution in [2.45, 2.75) is 38.6 Å². The van der Waals surface area contributed by atoms with Crippen LogP contribution in [0.1, 0.15) is 42.9 Å². The van der Waals surface area contributed by atoms with Crippen molar-refractivity contribution in [2.75, 3.05) is 19.0 Å². The molecule has 7 nitrogen and oxygen atoms in total. The Morgan fingerprint density at radius 3 is 2.62 bits per heavy atom. The lowest BCUT2D eigenvalue weighted by molar-refractivity contribution is -0.126. The molecule has 1 aliphatic heterocycles. The van der Waals surface area contributed by atoms with Gasteiger partial charge in [0.1, 0.15) is 11.8 Å². The highest BCUT2D eigenvalue weighted by molar-refractivity contribution is 6.03. The van der Waals surface area contributed by atoms with Crippen LogP contribution in [0.4, 0.5) is 5.69 Å². The Bertz CT molecular complexity index is 1010. The van der Waals surface area contributed by atoms with Gasteiger partial charge in [-0.15, -0.1) is 0 Å². The number of aryl methyl sites for hydroxylation is 1. The fraction of sp³-hybridized carbons (Fsp3) is 0.320. The second-order valence-electron chi connectivity index (χ2n) is 7.73. The summed E-state index contributed by atoms with van der Waals surface area (Å²) in [7, 11) is 1.59. The van der Waals surface area contributed by atoms with Crippen LogP contribution in [0, 0.1) is 0 Å². The van der Waals surface area contributed by atoms with Crippen molar-refractivity contribution in [1.82, 2.24) is 10.6 Å². The predicted octanol–water partition coefficient (Wildman–Crippen LogP) is 3.02. The van der Waals surface area contributed by atoms with Crippen LogP contribution in [0.5, 0.6) is 5.75 Å². The molecule has 32 heavy (non-hydrogen) atoms. The zero-order chi connectivity index (χ0) is 23.1. The predicted molar refractivity (Wildman–Crippen MR) is 124 cm³/mol. The molecule has 3 amide bonds. The van der Waals surface area contributed by atoms with Crippen molar-refractivity contribution in [1.29, 1.82) is 0 Å². The van der Waals surface area contributed by atoms with Gasteiger partial charge in [-0.25, -0.2) is 0 Å². The minimum atomic E-state index is -0.695. The Kier molecular flexibility index (Phi) is 7.65. The number of carbonyl (C=O) groups is 3. The maximum absolute atomic E-state index is 12.4. The van der Waals surface area contributed by atoms with Gasteiger partial charge in [0, 0.05) is 18.3 Å². The normalized spacial score (nSPS) is 15.7. The molecule has 0 saturated carbocycles. The fourth-order valence-corrected chi connectivity index (χ4v) is 3.59. The fourth-order valence-electron chi connectivity index (χ4n) is 3.59. The third kappa shape index (κ3) is 5.75. The highest BCUT2D eigenvalue weighted by Crippen LogP contribution is 2.35. The maximum Gasteiger partial charge on any atom is 0.244 e. The lowest BCUT2D eigenvalue weighted by atomic mass is 9.95. The molecule has 7 heteroatoms. The number of amides is 3. The van der Waals surface area contributed by atoms with E-state index >= 15 is 0 Å². The Labute approximate surface area is 188 Å². The van der Waals surface area contributed by atoms with Gasteiger partial charge in [-0.2, -0.15) is 0 Å². The van der Waals surface area contributed by atoms with Gasteiger partial charge in [0.2, 0.25) is 17.7 Å². The average Bonchev–Trinajstić information content (AvgIpc) is 3.12. The highest BCUT2D eigenvalue weighted by atomic mass is 16.5. The van der Waals surface area contributed by atoms with Gasteiger partial charge in [0.25, 0.3) is 0 Å². The third-order valence-corrected chi connectivity index (χ3v) is 5.50. The van der Waals surface area contributed by atoms with Crippen molar-refractivity contribution >= 4 is 29.5 Å². The summed E-state index contributed by atoms with van der Waals surface area (Å²) >= 11 is 0. The standard InChI is InChI=1S/C25H29N3O4/c1-4-17-7-11-22-21(15-17)20(25(31)28-22)13-14-26-24(30)16(2)27-23(29)12-8-18-5-9-19(32-3)10-6-18/h5-12,15-16,20H,4,13-14H2,1-3H3,(H,26,30)(H,27,29)(H,28,31)/b12-8+. The lowest BCUT2D eigenvalue weighted by Gasteiger charge is -2.14. The summed E-state index contributed by atoms with van der Waals surface area (Å²) < 4.78 is 5.10. The summed E-state index contributed by atoms with van der Waals surface area (Å²) in [5.74, 6) is -0.250. The number of rotatable bonds is 9. The van der Waals surface area contributed by atoms with Crippen LogP contribution < -0.4 is 20.7 Å². The van der Waals surface area contributed by atoms with E-state index in [1.165, 1.54) is 11.6 Å². The largest absolute Gasteiger partial charge is 0.497 e. The Hall–Kier alpha value is -3.61. The van der Waals surface area contributed by atoms with E-state index in [0.717, 1.165) is 29.0 Å². The molecular formula is C25H29N3O4. The van der Waals surface area contributed by atoms with Gasteiger partial charge in [-0.1, -0.05) is 31.2 Å². The summed E-state index contributed by atoms with van der Waals surface area (Å²) in [6.07, 6.45) is 4.45. The number of hydrogen-bond donors (Lipinski definition) is 3. The minimum absolute atomic E-state index is 0.0486. The summed E-state index contributed by atoms with van der Waals surface area (Å²) in [6, 6.07) is 12.6. The van der Waals surface area contributed by atoms with Crippen molar-refractivity contribution in [3.63, 3.8) is 0 Å². The average molecular weight is 436 g/mol. The Morgan fingerprint density at radius 1 is 1.19 bits per heavy atom. The Morgan fingerprint density at radius 2 is 1.94 bits per heavy atom. The first kappa shape index (κ1) is 23.1. The molecule has 1 aliphatic rings. The van der Waals surface area contributed by atoms with Gasteiger partial charge in [0.15, 0.2) is 0 Å². The van der Waals surface area contributed by atoms with Gasteiger partial charge >= 0.3 is 0 Å². The zero-order valence-corrected chi connectivity index (χ0v) is 18.6. The molecule has 0 aliphatic carbocycles. The van der Waals surface area contributed by atoms with E-state index in [9.17, 15) is 14.4 Å². The van der Waals surface area contributed by atoms with Crippen LogP contribution in [0.3, 0.4) is 0 Å². The molecular weight excluding hydrogens is 406 g/mol. The van der Waals surface area contributed by atoms with Gasteiger partial charge in [-0.05, 0) is 60.7 Å². The van der Waals surface area contributed by atoms with Crippen molar-refractivity contribution in [2.24, 2.45) is 0 Å². The summed E-state index contributed by atoms with van der Waals surface area (Å²) in [5.41, 5.74) is 3.84. The molecule has 0 radical (unpaired) electrons. The zero-order valence-electron chi connectivity index (χ0n) is 18.6. The van der Waals surface area contributed by atoms with E-state index in [0.29, 0.717) is 13.0 Å². The molecule has 0 saturated heterocycles.